The molecule has 5 aromatic rings. The highest BCUT2D eigenvalue weighted by molar-refractivity contribution is 5.78. The zero-order chi connectivity index (χ0) is 37.0. The van der Waals surface area contributed by atoms with Crippen LogP contribution in [0.25, 0.3) is 16.9 Å². The molecule has 0 atom stereocenters. The van der Waals surface area contributed by atoms with Crippen molar-refractivity contribution < 1.29 is 38.1 Å². The van der Waals surface area contributed by atoms with Gasteiger partial charge in [0.15, 0.2) is 5.65 Å². The van der Waals surface area contributed by atoms with Crippen molar-refractivity contribution in [1.29, 1.82) is 0 Å². The summed E-state index contributed by atoms with van der Waals surface area (Å²) in [5, 5.41) is 8.86. The van der Waals surface area contributed by atoms with Crippen LogP contribution in [-0.2, 0) is 31.9 Å². The SMILES string of the molecule is CN(CCN(CCCN1CCOCC1)C(=O)Oc1c(Cc2ccco2)nc2c(Cc3ccccc3)nc(-c3ccccc3)cn12)C(=O)COCC(=O)O. The fraction of sp³-hybridized carbons (Fsp3) is 0.359. The van der Waals surface area contributed by atoms with E-state index in [1.165, 1.54) is 4.90 Å². The van der Waals surface area contributed by atoms with Gasteiger partial charge in [-0.05, 0) is 24.1 Å². The van der Waals surface area contributed by atoms with Crippen LogP contribution in [0.5, 0.6) is 5.88 Å². The number of aromatic nitrogens is 3. The van der Waals surface area contributed by atoms with Crippen molar-refractivity contribution in [2.75, 3.05) is 72.7 Å². The van der Waals surface area contributed by atoms with Crippen molar-refractivity contribution >= 4 is 23.6 Å². The molecule has 3 aromatic heterocycles. The number of carbonyl (C=O) groups excluding carboxylic acids is 2. The van der Waals surface area contributed by atoms with E-state index in [9.17, 15) is 14.4 Å². The summed E-state index contributed by atoms with van der Waals surface area (Å²) in [5.74, 6) is -0.659. The summed E-state index contributed by atoms with van der Waals surface area (Å²) in [5.41, 5.74) is 4.42. The fourth-order valence-electron chi connectivity index (χ4n) is 6.07. The van der Waals surface area contributed by atoms with E-state index in [2.05, 4.69) is 4.90 Å². The molecule has 4 heterocycles. The average molecular weight is 725 g/mol. The van der Waals surface area contributed by atoms with Gasteiger partial charge in [-0.25, -0.2) is 19.6 Å². The normalized spacial score (nSPS) is 13.2. The summed E-state index contributed by atoms with van der Waals surface area (Å²) in [6, 6.07) is 23.5. The Morgan fingerprint density at radius 1 is 0.868 bits per heavy atom. The molecular weight excluding hydrogens is 680 g/mol. The predicted octanol–water partition coefficient (Wildman–Crippen LogP) is 4.25. The Labute approximate surface area is 307 Å². The minimum absolute atomic E-state index is 0.170. The highest BCUT2D eigenvalue weighted by Crippen LogP contribution is 2.30. The topological polar surface area (TPSA) is 152 Å². The zero-order valence-electron chi connectivity index (χ0n) is 29.8. The van der Waals surface area contributed by atoms with Crippen molar-refractivity contribution in [3.05, 3.63) is 108 Å². The summed E-state index contributed by atoms with van der Waals surface area (Å²) in [7, 11) is 1.59. The van der Waals surface area contributed by atoms with Gasteiger partial charge in [-0.2, -0.15) is 0 Å². The predicted molar refractivity (Wildman–Crippen MR) is 195 cm³/mol. The number of carbonyl (C=O) groups is 3. The van der Waals surface area contributed by atoms with Gasteiger partial charge in [0.05, 0.1) is 37.3 Å². The molecule has 1 aliphatic rings. The number of benzene rings is 2. The van der Waals surface area contributed by atoms with Gasteiger partial charge in [0, 0.05) is 64.5 Å². The number of rotatable bonds is 17. The molecule has 0 aliphatic carbocycles. The van der Waals surface area contributed by atoms with Crippen molar-refractivity contribution in [2.24, 2.45) is 0 Å². The number of furan rings is 1. The molecule has 0 saturated carbocycles. The van der Waals surface area contributed by atoms with Gasteiger partial charge in [0.25, 0.3) is 0 Å². The van der Waals surface area contributed by atoms with Crippen LogP contribution in [0.4, 0.5) is 4.79 Å². The third-order valence-electron chi connectivity index (χ3n) is 8.94. The smallest absolute Gasteiger partial charge is 0.416 e. The minimum Gasteiger partial charge on any atom is -0.480 e. The van der Waals surface area contributed by atoms with Gasteiger partial charge in [0.2, 0.25) is 11.8 Å². The van der Waals surface area contributed by atoms with Crippen LogP contribution in [0, 0.1) is 0 Å². The van der Waals surface area contributed by atoms with Gasteiger partial charge in [0.1, 0.15) is 24.7 Å². The Hall–Kier alpha value is -5.57. The van der Waals surface area contributed by atoms with Crippen LogP contribution in [0.1, 0.15) is 29.1 Å². The number of hydrogen-bond acceptors (Lipinski definition) is 10. The molecule has 1 fully saturated rings. The Kier molecular flexibility index (Phi) is 12.8. The van der Waals surface area contributed by atoms with E-state index in [1.54, 1.807) is 28.7 Å². The molecule has 0 unspecified atom stereocenters. The molecule has 14 heteroatoms. The Bertz CT molecular complexity index is 1950. The summed E-state index contributed by atoms with van der Waals surface area (Å²) in [6.45, 7) is 3.49. The van der Waals surface area contributed by atoms with Crippen LogP contribution in [-0.4, -0.2) is 125 Å². The van der Waals surface area contributed by atoms with Crippen LogP contribution < -0.4 is 4.74 Å². The van der Waals surface area contributed by atoms with Gasteiger partial charge in [-0.3, -0.25) is 14.1 Å². The monoisotopic (exact) mass is 724 g/mol. The Morgan fingerprint density at radius 3 is 2.34 bits per heavy atom. The van der Waals surface area contributed by atoms with E-state index < -0.39 is 24.6 Å². The molecule has 0 bridgehead atoms. The lowest BCUT2D eigenvalue weighted by atomic mass is 10.1. The van der Waals surface area contributed by atoms with E-state index in [4.69, 9.17) is 33.7 Å². The Balaban J connectivity index is 1.32. The first-order chi connectivity index (χ1) is 25.8. The number of fused-ring (bicyclic) bond motifs is 1. The lowest BCUT2D eigenvalue weighted by Gasteiger charge is -2.29. The third kappa shape index (κ3) is 10.3. The molecule has 278 valence electrons. The third-order valence-corrected chi connectivity index (χ3v) is 8.94. The number of nitrogens with zero attached hydrogens (tertiary/aromatic N) is 6. The van der Waals surface area contributed by atoms with Crippen molar-refractivity contribution in [3.8, 4) is 17.1 Å². The molecule has 14 nitrogen and oxygen atoms in total. The fourth-order valence-corrected chi connectivity index (χ4v) is 6.07. The zero-order valence-corrected chi connectivity index (χ0v) is 29.8. The largest absolute Gasteiger partial charge is 0.480 e. The van der Waals surface area contributed by atoms with Crippen molar-refractivity contribution in [2.45, 2.75) is 19.3 Å². The number of likely N-dealkylation sites (N-methyl/N-ethyl adjacent to an activating group) is 1. The second-order valence-corrected chi connectivity index (χ2v) is 12.8. The number of amides is 2. The number of ether oxygens (including phenoxy) is 3. The first-order valence-corrected chi connectivity index (χ1v) is 17.7. The van der Waals surface area contributed by atoms with E-state index in [1.807, 2.05) is 72.9 Å². The van der Waals surface area contributed by atoms with Crippen LogP contribution in [0.3, 0.4) is 0 Å². The maximum absolute atomic E-state index is 14.2. The van der Waals surface area contributed by atoms with Crippen LogP contribution in [0.15, 0.2) is 89.7 Å². The highest BCUT2D eigenvalue weighted by Gasteiger charge is 2.26. The second kappa shape index (κ2) is 18.3. The molecule has 53 heavy (non-hydrogen) atoms. The lowest BCUT2D eigenvalue weighted by Crippen LogP contribution is -2.43. The molecule has 1 aliphatic heterocycles. The first kappa shape index (κ1) is 37.2. The second-order valence-electron chi connectivity index (χ2n) is 12.8. The molecule has 0 spiro atoms. The summed E-state index contributed by atoms with van der Waals surface area (Å²) in [6.07, 6.45) is 4.28. The van der Waals surface area contributed by atoms with Crippen LogP contribution >= 0.6 is 0 Å². The molecule has 2 aromatic carbocycles. The number of hydrogen-bond donors (Lipinski definition) is 1. The van der Waals surface area contributed by atoms with Gasteiger partial charge < -0.3 is 33.5 Å². The van der Waals surface area contributed by atoms with Crippen molar-refractivity contribution in [1.82, 2.24) is 29.1 Å². The highest BCUT2D eigenvalue weighted by atomic mass is 16.6. The molecular formula is C39H44N6O8. The molecule has 2 amide bonds. The summed E-state index contributed by atoms with van der Waals surface area (Å²) in [4.78, 5) is 53.1. The molecule has 0 radical (unpaired) electrons. The number of carboxylic acids is 1. The maximum Gasteiger partial charge on any atom is 0.416 e. The maximum atomic E-state index is 14.2. The Morgan fingerprint density at radius 2 is 1.62 bits per heavy atom. The molecule has 6 rings (SSSR count). The standard InChI is InChI=1S/C39H44N6O8/c1-42(35(46)27-51-28-36(47)48)17-18-44(16-9-15-43-19-22-50-23-20-43)39(49)53-38-33(25-31-14-8-21-52-31)41-37-32(24-29-10-4-2-5-11-29)40-34(26-45(37)38)30-12-6-3-7-13-30/h2-8,10-14,21,26H,9,15-20,22-25,27-28H2,1H3,(H,47,48). The summed E-state index contributed by atoms with van der Waals surface area (Å²) < 4.78 is 24.3. The number of imidazole rings is 1. The van der Waals surface area contributed by atoms with Gasteiger partial charge in [-0.1, -0.05) is 60.7 Å². The van der Waals surface area contributed by atoms with Crippen molar-refractivity contribution in [3.63, 3.8) is 0 Å². The quantitative estimate of drug-likeness (QED) is 0.147. The van der Waals surface area contributed by atoms with Gasteiger partial charge in [-0.15, -0.1) is 0 Å². The minimum atomic E-state index is -1.16. The van der Waals surface area contributed by atoms with E-state index in [-0.39, 0.29) is 32.0 Å². The average Bonchev–Trinajstić information content (AvgIpc) is 3.81. The summed E-state index contributed by atoms with van der Waals surface area (Å²) >= 11 is 0. The number of morpholine rings is 1. The van der Waals surface area contributed by atoms with E-state index in [0.29, 0.717) is 61.1 Å². The lowest BCUT2D eigenvalue weighted by molar-refractivity contribution is -0.145. The molecule has 1 saturated heterocycles. The van der Waals surface area contributed by atoms with Crippen LogP contribution in [0.2, 0.25) is 0 Å². The van der Waals surface area contributed by atoms with E-state index in [0.717, 1.165) is 30.8 Å². The number of aliphatic carboxylic acids is 1. The first-order valence-electron chi connectivity index (χ1n) is 17.7. The van der Waals surface area contributed by atoms with Gasteiger partial charge >= 0.3 is 12.1 Å². The van der Waals surface area contributed by atoms with E-state index >= 15 is 0 Å². The number of carboxylic acid groups (broad SMARTS) is 1. The molecule has 1 N–H and O–H groups in total.